The van der Waals surface area contributed by atoms with Gasteiger partial charge in [0.1, 0.15) is 10.8 Å². The highest BCUT2D eigenvalue weighted by molar-refractivity contribution is 7.22. The standard InChI is InChI=1S/C16H9ClFN3O3S/c17-11-4-1-9(7-13(11)21(23)24)2-6-15(22)20-16-19-12-5-3-10(18)8-14(12)25-16/h1-8H,(H,19,20,22)/b6-2+. The predicted octanol–water partition coefficient (Wildman–Crippen LogP) is 4.65. The highest BCUT2D eigenvalue weighted by Gasteiger charge is 2.12. The van der Waals surface area contributed by atoms with Crippen molar-refractivity contribution in [2.75, 3.05) is 5.32 Å². The summed E-state index contributed by atoms with van der Waals surface area (Å²) in [5, 5.41) is 13.8. The fourth-order valence-electron chi connectivity index (χ4n) is 2.04. The summed E-state index contributed by atoms with van der Waals surface area (Å²) in [5.74, 6) is -0.838. The maximum atomic E-state index is 13.2. The van der Waals surface area contributed by atoms with E-state index in [-0.39, 0.29) is 16.5 Å². The van der Waals surface area contributed by atoms with Gasteiger partial charge in [0.15, 0.2) is 5.13 Å². The van der Waals surface area contributed by atoms with Crippen molar-refractivity contribution >= 4 is 56.0 Å². The molecule has 0 aliphatic heterocycles. The Bertz CT molecular complexity index is 1020. The van der Waals surface area contributed by atoms with Crippen molar-refractivity contribution in [1.29, 1.82) is 0 Å². The molecule has 9 heteroatoms. The lowest BCUT2D eigenvalue weighted by Crippen LogP contribution is -2.07. The number of benzene rings is 2. The molecular formula is C16H9ClFN3O3S. The van der Waals surface area contributed by atoms with Crippen LogP contribution in [-0.2, 0) is 4.79 Å². The van der Waals surface area contributed by atoms with Crippen molar-refractivity contribution in [3.05, 3.63) is 69.0 Å². The Labute approximate surface area is 149 Å². The van der Waals surface area contributed by atoms with Gasteiger partial charge in [0, 0.05) is 12.1 Å². The number of nitrogens with zero attached hydrogens (tertiary/aromatic N) is 2. The fourth-order valence-corrected chi connectivity index (χ4v) is 3.12. The summed E-state index contributed by atoms with van der Waals surface area (Å²) in [6, 6.07) is 8.37. The summed E-state index contributed by atoms with van der Waals surface area (Å²) < 4.78 is 13.8. The Morgan fingerprint density at radius 3 is 2.88 bits per heavy atom. The highest BCUT2D eigenvalue weighted by Crippen LogP contribution is 2.27. The van der Waals surface area contributed by atoms with Crippen molar-refractivity contribution in [1.82, 2.24) is 4.98 Å². The number of hydrogen-bond acceptors (Lipinski definition) is 5. The van der Waals surface area contributed by atoms with Crippen molar-refractivity contribution in [3.63, 3.8) is 0 Å². The third kappa shape index (κ3) is 3.98. The van der Waals surface area contributed by atoms with Crippen molar-refractivity contribution in [2.24, 2.45) is 0 Å². The van der Waals surface area contributed by atoms with Crippen molar-refractivity contribution in [2.45, 2.75) is 0 Å². The van der Waals surface area contributed by atoms with Gasteiger partial charge in [-0.05, 0) is 35.9 Å². The molecule has 1 heterocycles. The number of nitro groups is 1. The average Bonchev–Trinajstić information content (AvgIpc) is 2.95. The number of fused-ring (bicyclic) bond motifs is 1. The molecule has 1 N–H and O–H groups in total. The SMILES string of the molecule is O=C(/C=C/c1ccc(Cl)c([N+](=O)[O-])c1)Nc1nc2ccc(F)cc2s1. The first-order valence-corrected chi connectivity index (χ1v) is 8.11. The van der Waals surface area contributed by atoms with Crippen LogP contribution in [0.3, 0.4) is 0 Å². The lowest BCUT2D eigenvalue weighted by molar-refractivity contribution is -0.384. The molecule has 0 saturated carbocycles. The van der Waals surface area contributed by atoms with Gasteiger partial charge < -0.3 is 0 Å². The molecule has 126 valence electrons. The van der Waals surface area contributed by atoms with Crippen LogP contribution in [0.25, 0.3) is 16.3 Å². The Kier molecular flexibility index (Phi) is 4.73. The van der Waals surface area contributed by atoms with Gasteiger partial charge in [0.05, 0.1) is 15.1 Å². The van der Waals surface area contributed by atoms with Gasteiger partial charge >= 0.3 is 0 Å². The maximum Gasteiger partial charge on any atom is 0.288 e. The van der Waals surface area contributed by atoms with E-state index in [0.717, 1.165) is 11.3 Å². The smallest absolute Gasteiger partial charge is 0.288 e. The first kappa shape index (κ1) is 17.0. The van der Waals surface area contributed by atoms with Crippen LogP contribution in [0.15, 0.2) is 42.5 Å². The van der Waals surface area contributed by atoms with Crippen LogP contribution in [0.2, 0.25) is 5.02 Å². The minimum atomic E-state index is -0.597. The van der Waals surface area contributed by atoms with Crippen molar-refractivity contribution in [3.8, 4) is 0 Å². The number of aromatic nitrogens is 1. The molecule has 0 bridgehead atoms. The first-order chi connectivity index (χ1) is 11.9. The minimum Gasteiger partial charge on any atom is -0.298 e. The molecule has 0 spiro atoms. The maximum absolute atomic E-state index is 13.2. The first-order valence-electron chi connectivity index (χ1n) is 6.91. The number of rotatable bonds is 4. The van der Waals surface area contributed by atoms with E-state index >= 15 is 0 Å². The molecule has 1 amide bonds. The molecule has 0 radical (unpaired) electrons. The second-order valence-corrected chi connectivity index (χ2v) is 6.36. The van der Waals surface area contributed by atoms with Gasteiger partial charge in [-0.3, -0.25) is 20.2 Å². The zero-order chi connectivity index (χ0) is 18.0. The van der Waals surface area contributed by atoms with E-state index in [1.165, 1.54) is 42.5 Å². The molecule has 3 rings (SSSR count). The number of hydrogen-bond donors (Lipinski definition) is 1. The Balaban J connectivity index is 1.74. The molecule has 0 aliphatic rings. The monoisotopic (exact) mass is 377 g/mol. The molecule has 0 atom stereocenters. The van der Waals surface area contributed by atoms with E-state index < -0.39 is 10.8 Å². The molecule has 0 unspecified atom stereocenters. The number of thiazole rings is 1. The topological polar surface area (TPSA) is 85.1 Å². The summed E-state index contributed by atoms with van der Waals surface area (Å²) in [4.78, 5) is 26.4. The van der Waals surface area contributed by atoms with Gasteiger partial charge in [-0.25, -0.2) is 9.37 Å². The molecule has 3 aromatic rings. The van der Waals surface area contributed by atoms with E-state index in [9.17, 15) is 19.3 Å². The third-order valence-electron chi connectivity index (χ3n) is 3.17. The Morgan fingerprint density at radius 1 is 1.32 bits per heavy atom. The van der Waals surface area contributed by atoms with Crippen LogP contribution in [0.4, 0.5) is 15.2 Å². The zero-order valence-corrected chi connectivity index (χ0v) is 14.0. The molecule has 0 aliphatic carbocycles. The highest BCUT2D eigenvalue weighted by atomic mass is 35.5. The minimum absolute atomic E-state index is 0.0216. The number of halogens is 2. The van der Waals surface area contributed by atoms with E-state index in [2.05, 4.69) is 10.3 Å². The van der Waals surface area contributed by atoms with Gasteiger partial charge in [0.2, 0.25) is 5.91 Å². The largest absolute Gasteiger partial charge is 0.298 e. The lowest BCUT2D eigenvalue weighted by Gasteiger charge is -1.98. The second-order valence-electron chi connectivity index (χ2n) is 4.92. The normalized spacial score (nSPS) is 11.1. The predicted molar refractivity (Wildman–Crippen MR) is 95.3 cm³/mol. The van der Waals surface area contributed by atoms with Crippen LogP contribution < -0.4 is 5.32 Å². The zero-order valence-electron chi connectivity index (χ0n) is 12.4. The summed E-state index contributed by atoms with van der Waals surface area (Å²) in [5.41, 5.74) is 0.800. The molecule has 1 aromatic heterocycles. The Morgan fingerprint density at radius 2 is 2.12 bits per heavy atom. The lowest BCUT2D eigenvalue weighted by atomic mass is 10.2. The van der Waals surface area contributed by atoms with E-state index in [4.69, 9.17) is 11.6 Å². The van der Waals surface area contributed by atoms with Crippen molar-refractivity contribution < 1.29 is 14.1 Å². The van der Waals surface area contributed by atoms with Gasteiger partial charge in [-0.15, -0.1) is 0 Å². The number of anilines is 1. The average molecular weight is 378 g/mol. The van der Waals surface area contributed by atoms with E-state index in [1.807, 2.05) is 0 Å². The van der Waals surface area contributed by atoms with Gasteiger partial charge in [0.25, 0.3) is 5.69 Å². The third-order valence-corrected chi connectivity index (χ3v) is 4.43. The molecule has 0 saturated heterocycles. The summed E-state index contributed by atoms with van der Waals surface area (Å²) in [6.07, 6.45) is 2.64. The van der Waals surface area contributed by atoms with Crippen LogP contribution in [-0.4, -0.2) is 15.8 Å². The van der Waals surface area contributed by atoms with Crippen LogP contribution in [0.1, 0.15) is 5.56 Å². The number of nitrogens with one attached hydrogen (secondary N) is 1. The van der Waals surface area contributed by atoms with Crippen LogP contribution >= 0.6 is 22.9 Å². The van der Waals surface area contributed by atoms with Gasteiger partial charge in [-0.1, -0.05) is 29.0 Å². The molecular weight excluding hydrogens is 369 g/mol. The Hall–Kier alpha value is -2.84. The van der Waals surface area contributed by atoms with E-state index in [0.29, 0.717) is 20.9 Å². The molecule has 25 heavy (non-hydrogen) atoms. The van der Waals surface area contributed by atoms with Crippen LogP contribution in [0.5, 0.6) is 0 Å². The second kappa shape index (κ2) is 6.96. The number of amides is 1. The van der Waals surface area contributed by atoms with Gasteiger partial charge in [-0.2, -0.15) is 0 Å². The summed E-state index contributed by atoms with van der Waals surface area (Å²) in [6.45, 7) is 0. The quantitative estimate of drug-likeness (QED) is 0.407. The number of nitro benzene ring substituents is 1. The number of carbonyl (C=O) groups excluding carboxylic acids is 1. The molecule has 6 nitrogen and oxygen atoms in total. The molecule has 0 fully saturated rings. The molecule has 2 aromatic carbocycles. The summed E-state index contributed by atoms with van der Waals surface area (Å²) >= 11 is 6.88. The number of carbonyl (C=O) groups is 1. The summed E-state index contributed by atoms with van der Waals surface area (Å²) in [7, 11) is 0. The van der Waals surface area contributed by atoms with E-state index in [1.54, 1.807) is 6.07 Å². The fraction of sp³-hybridized carbons (Fsp3) is 0. The van der Waals surface area contributed by atoms with Crippen LogP contribution in [0, 0.1) is 15.9 Å².